The number of anilines is 1. The maximum absolute atomic E-state index is 11.6. The first kappa shape index (κ1) is 17.7. The molecule has 3 nitrogen and oxygen atoms in total. The highest BCUT2D eigenvalue weighted by atomic mass is 28.4. The quantitative estimate of drug-likeness (QED) is 0.597. The van der Waals surface area contributed by atoms with Gasteiger partial charge in [-0.15, -0.1) is 0 Å². The minimum absolute atomic E-state index is 0.111. The third-order valence-corrected chi connectivity index (χ3v) is 8.71. The Hall–Kier alpha value is -1.39. The fraction of sp³-hybridized carbons (Fsp3) is 0.471. The van der Waals surface area contributed by atoms with E-state index < -0.39 is 8.32 Å². The molecule has 0 bridgehead atoms. The van der Waals surface area contributed by atoms with Crippen molar-refractivity contribution in [3.8, 4) is 0 Å². The molecule has 21 heavy (non-hydrogen) atoms. The average molecular weight is 305 g/mol. The van der Waals surface area contributed by atoms with E-state index in [4.69, 9.17) is 4.43 Å². The van der Waals surface area contributed by atoms with Crippen LogP contribution in [0.1, 0.15) is 26.3 Å². The van der Waals surface area contributed by atoms with Gasteiger partial charge in [0.05, 0.1) is 6.61 Å². The Morgan fingerprint density at radius 2 is 1.81 bits per heavy atom. The van der Waals surface area contributed by atoms with Crippen molar-refractivity contribution in [3.05, 3.63) is 42.5 Å². The van der Waals surface area contributed by atoms with Gasteiger partial charge in [-0.1, -0.05) is 39.5 Å². The summed E-state index contributed by atoms with van der Waals surface area (Å²) < 4.78 is 6.19. The van der Waals surface area contributed by atoms with Gasteiger partial charge in [-0.05, 0) is 41.9 Å². The normalized spacial score (nSPS) is 12.1. The van der Waals surface area contributed by atoms with Crippen LogP contribution in [-0.2, 0) is 15.8 Å². The molecule has 0 aliphatic rings. The maximum atomic E-state index is 11.6. The predicted octanol–water partition coefficient (Wildman–Crippen LogP) is 4.36. The first-order chi connectivity index (χ1) is 9.58. The van der Waals surface area contributed by atoms with Crippen LogP contribution in [0.15, 0.2) is 36.9 Å². The van der Waals surface area contributed by atoms with Gasteiger partial charge in [0.2, 0.25) is 5.91 Å². The largest absolute Gasteiger partial charge is 0.413 e. The highest BCUT2D eigenvalue weighted by Crippen LogP contribution is 2.37. The molecule has 1 amide bonds. The van der Waals surface area contributed by atoms with Crippen LogP contribution in [0.2, 0.25) is 18.1 Å². The van der Waals surface area contributed by atoms with Gasteiger partial charge in [0.25, 0.3) is 0 Å². The van der Waals surface area contributed by atoms with E-state index in [-0.39, 0.29) is 10.9 Å². The SMILES string of the molecule is C=CC(=O)N(C)c1ccc(CO[Si](C)(C)C(C)(C)C)cc1. The van der Waals surface area contributed by atoms with Crippen LogP contribution in [0.4, 0.5) is 5.69 Å². The molecule has 116 valence electrons. The lowest BCUT2D eigenvalue weighted by atomic mass is 10.2. The van der Waals surface area contributed by atoms with Gasteiger partial charge in [-0.25, -0.2) is 0 Å². The molecule has 0 aromatic heterocycles. The van der Waals surface area contributed by atoms with E-state index >= 15 is 0 Å². The zero-order chi connectivity index (χ0) is 16.3. The summed E-state index contributed by atoms with van der Waals surface area (Å²) in [6.45, 7) is 15.3. The van der Waals surface area contributed by atoms with Crippen LogP contribution in [0.5, 0.6) is 0 Å². The molecule has 0 fully saturated rings. The lowest BCUT2D eigenvalue weighted by molar-refractivity contribution is -0.113. The number of benzene rings is 1. The first-order valence-corrected chi connectivity index (χ1v) is 10.1. The highest BCUT2D eigenvalue weighted by Gasteiger charge is 2.36. The minimum atomic E-state index is -1.72. The summed E-state index contributed by atoms with van der Waals surface area (Å²) in [7, 11) is 0.0166. The summed E-state index contributed by atoms with van der Waals surface area (Å²) >= 11 is 0. The van der Waals surface area contributed by atoms with Gasteiger partial charge in [0.15, 0.2) is 8.32 Å². The van der Waals surface area contributed by atoms with Crippen molar-refractivity contribution in [3.63, 3.8) is 0 Å². The monoisotopic (exact) mass is 305 g/mol. The van der Waals surface area contributed by atoms with Crippen LogP contribution in [0, 0.1) is 0 Å². The Kier molecular flexibility index (Phi) is 5.53. The van der Waals surface area contributed by atoms with Crippen molar-refractivity contribution >= 4 is 19.9 Å². The second-order valence-corrected chi connectivity index (χ2v) is 11.6. The Morgan fingerprint density at radius 3 is 2.24 bits per heavy atom. The second kappa shape index (κ2) is 6.58. The standard InChI is InChI=1S/C17H27NO2Si/c1-8-16(19)18(5)15-11-9-14(10-12-15)13-20-21(6,7)17(2,3)4/h8-12H,1,13H2,2-7H3. The highest BCUT2D eigenvalue weighted by molar-refractivity contribution is 6.74. The number of carbonyl (C=O) groups is 1. The van der Waals surface area contributed by atoms with Crippen molar-refractivity contribution < 1.29 is 9.22 Å². The molecular formula is C17H27NO2Si. The molecule has 1 aromatic rings. The van der Waals surface area contributed by atoms with Gasteiger partial charge in [-0.2, -0.15) is 0 Å². The molecule has 0 atom stereocenters. The maximum Gasteiger partial charge on any atom is 0.250 e. The lowest BCUT2D eigenvalue weighted by Gasteiger charge is -2.36. The Bertz CT molecular complexity index is 501. The molecular weight excluding hydrogens is 278 g/mol. The number of nitrogens with zero attached hydrogens (tertiary/aromatic N) is 1. The molecule has 0 heterocycles. The van der Waals surface area contributed by atoms with Gasteiger partial charge in [0, 0.05) is 12.7 Å². The molecule has 0 aliphatic carbocycles. The molecule has 1 aromatic carbocycles. The first-order valence-electron chi connectivity index (χ1n) is 7.21. The van der Waals surface area contributed by atoms with Crippen LogP contribution in [-0.4, -0.2) is 21.3 Å². The molecule has 1 rings (SSSR count). The number of carbonyl (C=O) groups excluding carboxylic acids is 1. The number of hydrogen-bond donors (Lipinski definition) is 0. The number of hydrogen-bond acceptors (Lipinski definition) is 2. The number of rotatable bonds is 5. The Morgan fingerprint density at radius 1 is 1.29 bits per heavy atom. The third-order valence-electron chi connectivity index (χ3n) is 4.23. The van der Waals surface area contributed by atoms with E-state index in [1.807, 2.05) is 24.3 Å². The van der Waals surface area contributed by atoms with Gasteiger partial charge < -0.3 is 9.33 Å². The number of amides is 1. The molecule has 0 N–H and O–H groups in total. The van der Waals surface area contributed by atoms with Gasteiger partial charge in [-0.3, -0.25) is 4.79 Å². The van der Waals surface area contributed by atoms with E-state index in [0.29, 0.717) is 6.61 Å². The minimum Gasteiger partial charge on any atom is -0.413 e. The smallest absolute Gasteiger partial charge is 0.250 e. The molecule has 0 radical (unpaired) electrons. The van der Waals surface area contributed by atoms with Gasteiger partial charge >= 0.3 is 0 Å². The van der Waals surface area contributed by atoms with Crippen molar-refractivity contribution in [2.24, 2.45) is 0 Å². The van der Waals surface area contributed by atoms with Crippen molar-refractivity contribution in [1.29, 1.82) is 0 Å². The molecule has 0 saturated carbocycles. The average Bonchev–Trinajstić information content (AvgIpc) is 2.43. The van der Waals surface area contributed by atoms with E-state index in [1.165, 1.54) is 6.08 Å². The van der Waals surface area contributed by atoms with E-state index in [2.05, 4.69) is 40.4 Å². The summed E-state index contributed by atoms with van der Waals surface area (Å²) in [5.41, 5.74) is 1.99. The van der Waals surface area contributed by atoms with Crippen LogP contribution in [0.3, 0.4) is 0 Å². The van der Waals surface area contributed by atoms with Gasteiger partial charge in [0.1, 0.15) is 0 Å². The summed E-state index contributed by atoms with van der Waals surface area (Å²) in [6.07, 6.45) is 1.31. The summed E-state index contributed by atoms with van der Waals surface area (Å²) in [5.74, 6) is -0.111. The van der Waals surface area contributed by atoms with Crippen molar-refractivity contribution in [2.75, 3.05) is 11.9 Å². The molecule has 0 unspecified atom stereocenters. The topological polar surface area (TPSA) is 29.5 Å². The molecule has 4 heteroatoms. The predicted molar refractivity (Wildman–Crippen MR) is 92.0 cm³/mol. The zero-order valence-electron chi connectivity index (χ0n) is 14.1. The summed E-state index contributed by atoms with van der Waals surface area (Å²) in [6, 6.07) is 7.89. The fourth-order valence-electron chi connectivity index (χ4n) is 1.56. The zero-order valence-corrected chi connectivity index (χ0v) is 15.1. The Labute approximate surface area is 129 Å². The van der Waals surface area contributed by atoms with E-state index in [9.17, 15) is 4.79 Å². The lowest BCUT2D eigenvalue weighted by Crippen LogP contribution is -2.40. The molecule has 0 spiro atoms. The second-order valence-electron chi connectivity index (χ2n) is 6.82. The number of likely N-dealkylation sites (N-methyl/N-ethyl adjacent to an activating group) is 1. The van der Waals surface area contributed by atoms with E-state index in [0.717, 1.165) is 11.3 Å². The van der Waals surface area contributed by atoms with Crippen LogP contribution < -0.4 is 4.90 Å². The third kappa shape index (κ3) is 4.54. The summed E-state index contributed by atoms with van der Waals surface area (Å²) in [5, 5.41) is 0.212. The van der Waals surface area contributed by atoms with Crippen LogP contribution >= 0.6 is 0 Å². The summed E-state index contributed by atoms with van der Waals surface area (Å²) in [4.78, 5) is 13.1. The molecule has 0 aliphatic heterocycles. The Balaban J connectivity index is 2.72. The molecule has 0 saturated heterocycles. The van der Waals surface area contributed by atoms with Crippen LogP contribution in [0.25, 0.3) is 0 Å². The fourth-order valence-corrected chi connectivity index (χ4v) is 2.52. The van der Waals surface area contributed by atoms with E-state index in [1.54, 1.807) is 11.9 Å². The van der Waals surface area contributed by atoms with Crippen molar-refractivity contribution in [2.45, 2.75) is 45.5 Å². The van der Waals surface area contributed by atoms with Crippen molar-refractivity contribution in [1.82, 2.24) is 0 Å².